The molecule has 2 amide bonds. The van der Waals surface area contributed by atoms with Crippen LogP contribution in [0.1, 0.15) is 46.0 Å². The number of likely N-dealkylation sites (tertiary alicyclic amines) is 1. The van der Waals surface area contributed by atoms with Gasteiger partial charge in [0.15, 0.2) is 0 Å². The van der Waals surface area contributed by atoms with Crippen LogP contribution in [-0.4, -0.2) is 59.3 Å². The molecule has 0 saturated carbocycles. The third-order valence-electron chi connectivity index (χ3n) is 4.62. The minimum Gasteiger partial charge on any atom is -0.353 e. The van der Waals surface area contributed by atoms with E-state index in [4.69, 9.17) is 0 Å². The largest absolute Gasteiger partial charge is 0.353 e. The molecule has 6 nitrogen and oxygen atoms in total. The normalized spacial score (nSPS) is 26.2. The summed E-state index contributed by atoms with van der Waals surface area (Å²) in [5.41, 5.74) is 0. The molecular weight excluding hydrogens is 326 g/mol. The maximum atomic E-state index is 12.4. The van der Waals surface area contributed by atoms with Crippen molar-refractivity contribution in [3.05, 3.63) is 0 Å². The van der Waals surface area contributed by atoms with Gasteiger partial charge in [0.05, 0.1) is 18.5 Å². The van der Waals surface area contributed by atoms with Crippen LogP contribution in [0.3, 0.4) is 0 Å². The molecule has 0 aromatic heterocycles. The highest BCUT2D eigenvalue weighted by Gasteiger charge is 2.30. The van der Waals surface area contributed by atoms with Gasteiger partial charge in [0.1, 0.15) is 0 Å². The van der Waals surface area contributed by atoms with Gasteiger partial charge < -0.3 is 10.6 Å². The van der Waals surface area contributed by atoms with Gasteiger partial charge in [0.2, 0.25) is 16.9 Å². The van der Waals surface area contributed by atoms with Gasteiger partial charge in [-0.2, -0.15) is 0 Å². The maximum absolute atomic E-state index is 12.4. The van der Waals surface area contributed by atoms with E-state index >= 15 is 0 Å². The Morgan fingerprint density at radius 1 is 1.38 bits per heavy atom. The number of rotatable bonds is 7. The van der Waals surface area contributed by atoms with Crippen molar-refractivity contribution in [1.82, 2.24) is 15.5 Å². The minimum atomic E-state index is -0.332. The highest BCUT2D eigenvalue weighted by molar-refractivity contribution is 8.14. The second-order valence-corrected chi connectivity index (χ2v) is 7.95. The lowest BCUT2D eigenvalue weighted by molar-refractivity contribution is -0.130. The molecule has 0 aliphatic carbocycles. The molecule has 0 spiro atoms. The van der Waals surface area contributed by atoms with E-state index in [9.17, 15) is 14.4 Å². The van der Waals surface area contributed by atoms with Gasteiger partial charge in [0.25, 0.3) is 0 Å². The third kappa shape index (κ3) is 5.77. The first-order chi connectivity index (χ1) is 11.5. The Hall–Kier alpha value is -1.08. The molecule has 24 heavy (non-hydrogen) atoms. The zero-order valence-electron chi connectivity index (χ0n) is 14.7. The fourth-order valence-electron chi connectivity index (χ4n) is 3.35. The second kappa shape index (κ2) is 9.42. The van der Waals surface area contributed by atoms with E-state index in [0.29, 0.717) is 6.54 Å². The number of carbonyl (C=O) groups is 3. The molecule has 0 aromatic rings. The SMILES string of the molecule is CCC[C@H](C)NC(=O)[C@H]1CCCN(CC(=O)N[C@@H]2CCSC2=O)C1. The van der Waals surface area contributed by atoms with Crippen LogP contribution in [0.2, 0.25) is 0 Å². The lowest BCUT2D eigenvalue weighted by Gasteiger charge is -2.32. The Bertz CT molecular complexity index is 472. The Labute approximate surface area is 148 Å². The minimum absolute atomic E-state index is 0.0467. The number of nitrogens with one attached hydrogen (secondary N) is 2. The Kier molecular flexibility index (Phi) is 7.55. The molecule has 2 heterocycles. The third-order valence-corrected chi connectivity index (χ3v) is 5.63. The van der Waals surface area contributed by atoms with Crippen LogP contribution in [0.5, 0.6) is 0 Å². The van der Waals surface area contributed by atoms with Crippen LogP contribution in [0.15, 0.2) is 0 Å². The van der Waals surface area contributed by atoms with Crippen LogP contribution in [0, 0.1) is 5.92 Å². The molecule has 2 N–H and O–H groups in total. The summed E-state index contributed by atoms with van der Waals surface area (Å²) in [6.07, 6.45) is 4.55. The molecule has 2 fully saturated rings. The van der Waals surface area contributed by atoms with Gasteiger partial charge in [-0.15, -0.1) is 0 Å². The van der Waals surface area contributed by atoms with Gasteiger partial charge in [-0.1, -0.05) is 25.1 Å². The standard InChI is InChI=1S/C17H29N3O3S/c1-3-5-12(2)18-16(22)13-6-4-8-20(10-13)11-15(21)19-14-7-9-24-17(14)23/h12-14H,3-11H2,1-2H3,(H,18,22)(H,19,21)/t12-,13-,14+/m0/s1. The summed E-state index contributed by atoms with van der Waals surface area (Å²) in [6, 6.07) is -0.131. The van der Waals surface area contributed by atoms with E-state index in [0.717, 1.165) is 44.4 Å². The summed E-state index contributed by atoms with van der Waals surface area (Å²) in [6.45, 7) is 5.85. The van der Waals surface area contributed by atoms with Crippen molar-refractivity contribution < 1.29 is 14.4 Å². The average molecular weight is 356 g/mol. The van der Waals surface area contributed by atoms with Crippen molar-refractivity contribution in [2.45, 2.75) is 58.0 Å². The van der Waals surface area contributed by atoms with Crippen molar-refractivity contribution in [3.63, 3.8) is 0 Å². The van der Waals surface area contributed by atoms with Crippen LogP contribution in [0.25, 0.3) is 0 Å². The summed E-state index contributed by atoms with van der Waals surface area (Å²) in [5, 5.41) is 5.95. The molecule has 2 rings (SSSR count). The van der Waals surface area contributed by atoms with Crippen molar-refractivity contribution in [1.29, 1.82) is 0 Å². The van der Waals surface area contributed by atoms with Crippen molar-refractivity contribution in [2.24, 2.45) is 5.92 Å². The molecule has 0 bridgehead atoms. The first kappa shape index (κ1) is 19.2. The molecule has 3 atom stereocenters. The van der Waals surface area contributed by atoms with E-state index in [-0.39, 0.29) is 41.5 Å². The Morgan fingerprint density at radius 2 is 2.17 bits per heavy atom. The second-order valence-electron chi connectivity index (χ2n) is 6.85. The predicted octanol–water partition coefficient (Wildman–Crippen LogP) is 1.15. The monoisotopic (exact) mass is 355 g/mol. The summed E-state index contributed by atoms with van der Waals surface area (Å²) < 4.78 is 0. The number of thioether (sulfide) groups is 1. The fourth-order valence-corrected chi connectivity index (χ4v) is 4.28. The number of carbonyl (C=O) groups excluding carboxylic acids is 3. The predicted molar refractivity (Wildman–Crippen MR) is 95.7 cm³/mol. The van der Waals surface area contributed by atoms with E-state index in [1.54, 1.807) is 0 Å². The molecule has 7 heteroatoms. The van der Waals surface area contributed by atoms with Crippen LogP contribution < -0.4 is 10.6 Å². The van der Waals surface area contributed by atoms with Crippen molar-refractivity contribution >= 4 is 28.7 Å². The smallest absolute Gasteiger partial charge is 0.234 e. The van der Waals surface area contributed by atoms with Crippen molar-refractivity contribution in [3.8, 4) is 0 Å². The quantitative estimate of drug-likeness (QED) is 0.716. The summed E-state index contributed by atoms with van der Waals surface area (Å²) in [7, 11) is 0. The number of nitrogens with zero attached hydrogens (tertiary/aromatic N) is 1. The molecule has 2 aliphatic heterocycles. The molecule has 0 radical (unpaired) electrons. The van der Waals surface area contributed by atoms with E-state index < -0.39 is 0 Å². The topological polar surface area (TPSA) is 78.5 Å². The summed E-state index contributed by atoms with van der Waals surface area (Å²) >= 11 is 1.29. The van der Waals surface area contributed by atoms with Gasteiger partial charge in [-0.05, 0) is 39.2 Å². The molecule has 0 unspecified atom stereocenters. The van der Waals surface area contributed by atoms with Gasteiger partial charge in [-0.25, -0.2) is 0 Å². The van der Waals surface area contributed by atoms with E-state index in [2.05, 4.69) is 17.6 Å². The van der Waals surface area contributed by atoms with E-state index in [1.165, 1.54) is 11.8 Å². The molecule has 136 valence electrons. The summed E-state index contributed by atoms with van der Waals surface area (Å²) in [5.74, 6) is 0.723. The van der Waals surface area contributed by atoms with Gasteiger partial charge >= 0.3 is 0 Å². The van der Waals surface area contributed by atoms with Crippen LogP contribution in [-0.2, 0) is 14.4 Å². The highest BCUT2D eigenvalue weighted by Crippen LogP contribution is 2.20. The number of hydrogen-bond acceptors (Lipinski definition) is 5. The highest BCUT2D eigenvalue weighted by atomic mass is 32.2. The Balaban J connectivity index is 1.76. The van der Waals surface area contributed by atoms with Gasteiger partial charge in [0, 0.05) is 18.3 Å². The lowest BCUT2D eigenvalue weighted by atomic mass is 9.96. The summed E-state index contributed by atoms with van der Waals surface area (Å²) in [4.78, 5) is 38.1. The van der Waals surface area contributed by atoms with E-state index in [1.807, 2.05) is 11.8 Å². The van der Waals surface area contributed by atoms with Crippen LogP contribution >= 0.6 is 11.8 Å². The first-order valence-electron chi connectivity index (χ1n) is 8.98. The number of piperidine rings is 1. The zero-order valence-corrected chi connectivity index (χ0v) is 15.5. The number of hydrogen-bond donors (Lipinski definition) is 2. The Morgan fingerprint density at radius 3 is 2.83 bits per heavy atom. The van der Waals surface area contributed by atoms with Gasteiger partial charge in [-0.3, -0.25) is 19.3 Å². The van der Waals surface area contributed by atoms with Crippen molar-refractivity contribution in [2.75, 3.05) is 25.4 Å². The molecular formula is C17H29N3O3S. The van der Waals surface area contributed by atoms with Crippen LogP contribution in [0.4, 0.5) is 0 Å². The zero-order chi connectivity index (χ0) is 17.5. The molecule has 2 aliphatic rings. The average Bonchev–Trinajstić information content (AvgIpc) is 2.92. The maximum Gasteiger partial charge on any atom is 0.234 e. The fraction of sp³-hybridized carbons (Fsp3) is 0.824. The number of amides is 2. The lowest BCUT2D eigenvalue weighted by Crippen LogP contribution is -2.49. The molecule has 0 aromatic carbocycles. The molecule has 2 saturated heterocycles. The first-order valence-corrected chi connectivity index (χ1v) is 9.97.